The Morgan fingerprint density at radius 2 is 1.85 bits per heavy atom. The monoisotopic (exact) mass is 452 g/mol. The van der Waals surface area contributed by atoms with E-state index in [0.29, 0.717) is 41.7 Å². The minimum atomic E-state index is -0.678. The number of para-hydroxylation sites is 1. The third-order valence-electron chi connectivity index (χ3n) is 5.68. The van der Waals surface area contributed by atoms with Crippen LogP contribution >= 0.6 is 0 Å². The van der Waals surface area contributed by atoms with E-state index in [0.717, 1.165) is 26.2 Å². The van der Waals surface area contributed by atoms with E-state index in [2.05, 4.69) is 30.4 Å². The molecular formula is C23H28N6O4. The summed E-state index contributed by atoms with van der Waals surface area (Å²) >= 11 is 0. The number of benzene rings is 1. The van der Waals surface area contributed by atoms with Gasteiger partial charge in [0, 0.05) is 56.4 Å². The molecule has 10 heteroatoms. The number of carbonyl (C=O) groups excluding carboxylic acids is 2. The van der Waals surface area contributed by atoms with Gasteiger partial charge in [-0.1, -0.05) is 18.2 Å². The van der Waals surface area contributed by atoms with Gasteiger partial charge in [0.05, 0.1) is 25.3 Å². The number of hydrogen-bond donors (Lipinski definition) is 2. The van der Waals surface area contributed by atoms with Crippen molar-refractivity contribution in [3.05, 3.63) is 59.6 Å². The molecule has 2 aliphatic rings. The minimum absolute atomic E-state index is 0.370. The average Bonchev–Trinajstić information content (AvgIpc) is 2.85. The van der Waals surface area contributed by atoms with Crippen molar-refractivity contribution in [1.29, 1.82) is 0 Å². The first-order valence-electron chi connectivity index (χ1n) is 11.0. The summed E-state index contributed by atoms with van der Waals surface area (Å²) < 4.78 is 10.9. The van der Waals surface area contributed by atoms with Crippen molar-refractivity contribution < 1.29 is 19.1 Å². The van der Waals surface area contributed by atoms with Gasteiger partial charge in [-0.25, -0.2) is 19.6 Å². The Bertz CT molecular complexity index is 1020. The van der Waals surface area contributed by atoms with E-state index in [9.17, 15) is 9.59 Å². The normalized spacial score (nSPS) is 19.0. The number of anilines is 1. The van der Waals surface area contributed by atoms with Crippen molar-refractivity contribution in [2.45, 2.75) is 13.0 Å². The lowest BCUT2D eigenvalue weighted by molar-refractivity contribution is -0.136. The minimum Gasteiger partial charge on any atom is -0.494 e. The first-order chi connectivity index (χ1) is 16.1. The van der Waals surface area contributed by atoms with Crippen LogP contribution in [0.1, 0.15) is 18.5 Å². The fourth-order valence-corrected chi connectivity index (χ4v) is 4.12. The van der Waals surface area contributed by atoms with Crippen LogP contribution in [0.5, 0.6) is 5.75 Å². The van der Waals surface area contributed by atoms with Crippen molar-refractivity contribution in [3.8, 4) is 5.75 Å². The van der Waals surface area contributed by atoms with Gasteiger partial charge in [-0.05, 0) is 19.1 Å². The van der Waals surface area contributed by atoms with Gasteiger partial charge in [0.2, 0.25) is 5.95 Å². The standard InChI is InChI=1S/C23H28N6O4/c1-3-33-18-8-5-4-7-16(18)20-19(21(30)32-2)17(26-23(31)27-20)15-28-11-13-29(14-12-28)22-24-9-6-10-25-22/h4-10,20H,3,11-15H2,1-2H3,(H2,26,27,31)/t20-/m1/s1. The molecule has 3 heterocycles. The Kier molecular flexibility index (Phi) is 7.04. The fourth-order valence-electron chi connectivity index (χ4n) is 4.12. The number of rotatable bonds is 7. The molecule has 10 nitrogen and oxygen atoms in total. The van der Waals surface area contributed by atoms with Crippen LogP contribution in [0.15, 0.2) is 54.0 Å². The maximum Gasteiger partial charge on any atom is 0.338 e. The van der Waals surface area contributed by atoms with Crippen molar-refractivity contribution in [2.24, 2.45) is 0 Å². The molecular weight excluding hydrogens is 424 g/mol. The number of urea groups is 1. The smallest absolute Gasteiger partial charge is 0.338 e. The van der Waals surface area contributed by atoms with E-state index < -0.39 is 12.0 Å². The largest absolute Gasteiger partial charge is 0.494 e. The van der Waals surface area contributed by atoms with Gasteiger partial charge < -0.3 is 25.0 Å². The zero-order valence-electron chi connectivity index (χ0n) is 18.8. The van der Waals surface area contributed by atoms with E-state index in [1.807, 2.05) is 31.2 Å². The van der Waals surface area contributed by atoms with Crippen LogP contribution in [0.25, 0.3) is 0 Å². The van der Waals surface area contributed by atoms with Crippen molar-refractivity contribution in [2.75, 3.05) is 51.3 Å². The predicted octanol–water partition coefficient (Wildman–Crippen LogP) is 1.48. The molecule has 0 radical (unpaired) electrons. The lowest BCUT2D eigenvalue weighted by atomic mass is 9.94. The quantitative estimate of drug-likeness (QED) is 0.608. The third kappa shape index (κ3) is 5.06. The summed E-state index contributed by atoms with van der Waals surface area (Å²) in [5, 5.41) is 5.69. The molecule has 0 spiro atoms. The summed E-state index contributed by atoms with van der Waals surface area (Å²) in [6.45, 7) is 5.73. The zero-order valence-corrected chi connectivity index (χ0v) is 18.8. The number of piperazine rings is 1. The van der Waals surface area contributed by atoms with E-state index in [1.54, 1.807) is 18.5 Å². The Balaban J connectivity index is 1.58. The SMILES string of the molecule is CCOc1ccccc1[C@H]1NC(=O)NC(CN2CCN(c3ncccn3)CC2)=C1C(=O)OC. The maximum absolute atomic E-state index is 12.9. The van der Waals surface area contributed by atoms with Crippen LogP contribution in [0.2, 0.25) is 0 Å². The second kappa shape index (κ2) is 10.3. The highest BCUT2D eigenvalue weighted by molar-refractivity contribution is 5.95. The Morgan fingerprint density at radius 3 is 2.55 bits per heavy atom. The Labute approximate surface area is 192 Å². The number of ether oxygens (including phenoxy) is 2. The van der Waals surface area contributed by atoms with Gasteiger partial charge in [-0.2, -0.15) is 0 Å². The fraction of sp³-hybridized carbons (Fsp3) is 0.391. The van der Waals surface area contributed by atoms with Crippen molar-refractivity contribution >= 4 is 17.9 Å². The number of nitrogens with one attached hydrogen (secondary N) is 2. The summed E-state index contributed by atoms with van der Waals surface area (Å²) in [6.07, 6.45) is 3.46. The first kappa shape index (κ1) is 22.5. The summed E-state index contributed by atoms with van der Waals surface area (Å²) in [6, 6.07) is 8.13. The number of aromatic nitrogens is 2. The van der Waals surface area contributed by atoms with Crippen molar-refractivity contribution in [1.82, 2.24) is 25.5 Å². The van der Waals surface area contributed by atoms with Gasteiger partial charge in [-0.15, -0.1) is 0 Å². The summed E-state index contributed by atoms with van der Waals surface area (Å²) in [4.78, 5) is 38.4. The molecule has 0 bridgehead atoms. The predicted molar refractivity (Wildman–Crippen MR) is 122 cm³/mol. The lowest BCUT2D eigenvalue weighted by Gasteiger charge is -2.37. The molecule has 1 atom stereocenters. The highest BCUT2D eigenvalue weighted by Crippen LogP contribution is 2.33. The Morgan fingerprint density at radius 1 is 1.12 bits per heavy atom. The van der Waals surface area contributed by atoms with Crippen LogP contribution in [-0.2, 0) is 9.53 Å². The molecule has 174 valence electrons. The van der Waals surface area contributed by atoms with Gasteiger partial charge in [0.25, 0.3) is 0 Å². The number of carbonyl (C=O) groups is 2. The maximum atomic E-state index is 12.9. The molecule has 2 aromatic rings. The molecule has 4 rings (SSSR count). The highest BCUT2D eigenvalue weighted by atomic mass is 16.5. The van der Waals surface area contributed by atoms with Gasteiger partial charge >= 0.3 is 12.0 Å². The number of methoxy groups -OCH3 is 1. The zero-order chi connectivity index (χ0) is 23.2. The average molecular weight is 453 g/mol. The van der Waals surface area contributed by atoms with Crippen LogP contribution < -0.4 is 20.3 Å². The first-order valence-corrected chi connectivity index (χ1v) is 11.0. The Hall–Kier alpha value is -3.66. The van der Waals surface area contributed by atoms with E-state index >= 15 is 0 Å². The van der Waals surface area contributed by atoms with Crippen LogP contribution in [-0.4, -0.2) is 73.3 Å². The topological polar surface area (TPSA) is 109 Å². The van der Waals surface area contributed by atoms with Crippen LogP contribution in [0.4, 0.5) is 10.7 Å². The number of hydrogen-bond acceptors (Lipinski definition) is 8. The van der Waals surface area contributed by atoms with Gasteiger partial charge in [0.1, 0.15) is 5.75 Å². The molecule has 2 N–H and O–H groups in total. The molecule has 0 unspecified atom stereocenters. The number of esters is 1. The highest BCUT2D eigenvalue weighted by Gasteiger charge is 2.36. The number of nitrogens with zero attached hydrogens (tertiary/aromatic N) is 4. The van der Waals surface area contributed by atoms with Gasteiger partial charge in [-0.3, -0.25) is 4.90 Å². The summed E-state index contributed by atoms with van der Waals surface area (Å²) in [5.74, 6) is 0.823. The molecule has 33 heavy (non-hydrogen) atoms. The van der Waals surface area contributed by atoms with Crippen molar-refractivity contribution in [3.63, 3.8) is 0 Å². The van der Waals surface area contributed by atoms with Gasteiger partial charge in [0.15, 0.2) is 0 Å². The van der Waals surface area contributed by atoms with E-state index in [-0.39, 0.29) is 6.03 Å². The molecule has 1 saturated heterocycles. The van der Waals surface area contributed by atoms with E-state index in [4.69, 9.17) is 9.47 Å². The summed E-state index contributed by atoms with van der Waals surface area (Å²) in [7, 11) is 1.34. The molecule has 0 saturated carbocycles. The van der Waals surface area contributed by atoms with Crippen LogP contribution in [0.3, 0.4) is 0 Å². The molecule has 1 aromatic carbocycles. The number of amides is 2. The third-order valence-corrected chi connectivity index (χ3v) is 5.68. The molecule has 1 fully saturated rings. The molecule has 0 aliphatic carbocycles. The molecule has 2 amide bonds. The summed E-state index contributed by atoms with van der Waals surface area (Å²) in [5.41, 5.74) is 1.61. The van der Waals surface area contributed by atoms with E-state index in [1.165, 1.54) is 7.11 Å². The molecule has 1 aromatic heterocycles. The second-order valence-corrected chi connectivity index (χ2v) is 7.70. The lowest BCUT2D eigenvalue weighted by Crippen LogP contribution is -2.52. The van der Waals surface area contributed by atoms with Crippen LogP contribution in [0, 0.1) is 0 Å². The molecule has 2 aliphatic heterocycles. The second-order valence-electron chi connectivity index (χ2n) is 7.70.